The summed E-state index contributed by atoms with van der Waals surface area (Å²) >= 11 is 1.72. The molecule has 0 saturated heterocycles. The third kappa shape index (κ3) is 6.39. The maximum absolute atomic E-state index is 5.68. The fourth-order valence-electron chi connectivity index (χ4n) is 0.710. The summed E-state index contributed by atoms with van der Waals surface area (Å²) in [5, 5.41) is 0.317. The van der Waals surface area contributed by atoms with Gasteiger partial charge in [0.05, 0.1) is 5.37 Å². The van der Waals surface area contributed by atoms with Crippen molar-refractivity contribution < 1.29 is 4.74 Å². The van der Waals surface area contributed by atoms with Gasteiger partial charge in [0.15, 0.2) is 0 Å². The summed E-state index contributed by atoms with van der Waals surface area (Å²) < 4.78 is 4.91. The Labute approximate surface area is 67.5 Å². The first-order valence-electron chi connectivity index (χ1n) is 3.58. The molecular formula is C7H17NOS. The predicted molar refractivity (Wildman–Crippen MR) is 47.2 cm³/mol. The molecule has 2 N–H and O–H groups in total. The van der Waals surface area contributed by atoms with Crippen LogP contribution >= 0.6 is 11.8 Å². The van der Waals surface area contributed by atoms with Crippen molar-refractivity contribution in [2.45, 2.75) is 24.6 Å². The summed E-state index contributed by atoms with van der Waals surface area (Å²) in [5.41, 5.74) is 5.68. The summed E-state index contributed by atoms with van der Waals surface area (Å²) in [7, 11) is 1.73. The van der Waals surface area contributed by atoms with Crippen LogP contribution in [0, 0.1) is 0 Å². The molecule has 0 aliphatic rings. The fourth-order valence-corrected chi connectivity index (χ4v) is 1.11. The Morgan fingerprint density at radius 3 is 2.70 bits per heavy atom. The van der Waals surface area contributed by atoms with Crippen LogP contribution in [0.5, 0.6) is 0 Å². The molecular weight excluding hydrogens is 146 g/mol. The third-order valence-electron chi connectivity index (χ3n) is 1.39. The van der Waals surface area contributed by atoms with E-state index >= 15 is 0 Å². The molecule has 0 aliphatic carbocycles. The molecule has 0 aromatic heterocycles. The number of rotatable bonds is 6. The van der Waals surface area contributed by atoms with E-state index in [4.69, 9.17) is 10.5 Å². The van der Waals surface area contributed by atoms with E-state index in [1.165, 1.54) is 6.42 Å². The highest BCUT2D eigenvalue weighted by Gasteiger charge is 1.97. The molecule has 0 rings (SSSR count). The number of thioether (sulfide) groups is 1. The summed E-state index contributed by atoms with van der Waals surface area (Å²) in [6.07, 6.45) is 5.45. The van der Waals surface area contributed by atoms with Gasteiger partial charge < -0.3 is 10.5 Å². The Hall–Kier alpha value is 0.270. The summed E-state index contributed by atoms with van der Waals surface area (Å²) in [6, 6.07) is 0. The number of nitrogens with two attached hydrogens (primary N) is 1. The van der Waals surface area contributed by atoms with E-state index in [0.717, 1.165) is 19.4 Å². The lowest BCUT2D eigenvalue weighted by molar-refractivity contribution is 0.192. The van der Waals surface area contributed by atoms with Gasteiger partial charge in [-0.1, -0.05) is 0 Å². The smallest absolute Gasteiger partial charge is 0.0504 e. The van der Waals surface area contributed by atoms with Crippen molar-refractivity contribution in [1.29, 1.82) is 0 Å². The van der Waals surface area contributed by atoms with Crippen LogP contribution < -0.4 is 5.73 Å². The quantitative estimate of drug-likeness (QED) is 0.475. The molecule has 0 aliphatic heterocycles. The lowest BCUT2D eigenvalue weighted by atomic mass is 10.2. The molecule has 0 amide bonds. The van der Waals surface area contributed by atoms with Crippen LogP contribution in [0.2, 0.25) is 0 Å². The number of hydrogen-bond donors (Lipinski definition) is 1. The number of unbranched alkanes of at least 4 members (excludes halogenated alkanes) is 1. The maximum atomic E-state index is 5.68. The molecule has 1 unspecified atom stereocenters. The molecule has 0 spiro atoms. The second-order valence-corrected chi connectivity index (χ2v) is 3.34. The van der Waals surface area contributed by atoms with Gasteiger partial charge in [-0.05, 0) is 25.5 Å². The van der Waals surface area contributed by atoms with Crippen LogP contribution in [0.25, 0.3) is 0 Å². The van der Waals surface area contributed by atoms with E-state index in [1.807, 2.05) is 6.26 Å². The fraction of sp³-hybridized carbons (Fsp3) is 1.00. The normalized spacial score (nSPS) is 13.5. The van der Waals surface area contributed by atoms with Gasteiger partial charge in [0.2, 0.25) is 0 Å². The maximum Gasteiger partial charge on any atom is 0.0504 e. The zero-order chi connectivity index (χ0) is 7.82. The molecule has 0 aromatic rings. The van der Waals surface area contributed by atoms with Crippen molar-refractivity contribution in [3.63, 3.8) is 0 Å². The molecule has 62 valence electrons. The first-order chi connectivity index (χ1) is 4.81. The lowest BCUT2D eigenvalue weighted by Crippen LogP contribution is -2.14. The highest BCUT2D eigenvalue weighted by atomic mass is 32.2. The molecule has 0 heterocycles. The first-order valence-corrected chi connectivity index (χ1v) is 4.87. The van der Waals surface area contributed by atoms with Crippen molar-refractivity contribution in [2.24, 2.45) is 5.73 Å². The highest BCUT2D eigenvalue weighted by Crippen LogP contribution is 2.07. The van der Waals surface area contributed by atoms with E-state index in [9.17, 15) is 0 Å². The van der Waals surface area contributed by atoms with E-state index in [1.54, 1.807) is 18.9 Å². The Balaban J connectivity index is 2.89. The first kappa shape index (κ1) is 10.3. The van der Waals surface area contributed by atoms with E-state index in [2.05, 4.69) is 0 Å². The average Bonchev–Trinajstić information content (AvgIpc) is 1.98. The second kappa shape index (κ2) is 7.38. The zero-order valence-electron chi connectivity index (χ0n) is 6.80. The van der Waals surface area contributed by atoms with Crippen molar-refractivity contribution in [2.75, 3.05) is 20.0 Å². The molecule has 0 saturated carbocycles. The van der Waals surface area contributed by atoms with Crippen molar-refractivity contribution in [3.8, 4) is 0 Å². The largest absolute Gasteiger partial charge is 0.385 e. The van der Waals surface area contributed by atoms with Crippen LogP contribution in [0.3, 0.4) is 0 Å². The molecule has 3 heteroatoms. The Morgan fingerprint density at radius 1 is 1.50 bits per heavy atom. The minimum absolute atomic E-state index is 0.317. The standard InChI is InChI=1S/C7H17NOS/c1-9-6-4-3-5-7(8)10-2/h7H,3-6,8H2,1-2H3. The molecule has 0 radical (unpaired) electrons. The summed E-state index contributed by atoms with van der Waals surface area (Å²) in [6.45, 7) is 0.862. The number of methoxy groups -OCH3 is 1. The lowest BCUT2D eigenvalue weighted by Gasteiger charge is -2.06. The monoisotopic (exact) mass is 163 g/mol. The van der Waals surface area contributed by atoms with Gasteiger partial charge in [0.1, 0.15) is 0 Å². The van der Waals surface area contributed by atoms with Crippen LogP contribution in [-0.4, -0.2) is 25.3 Å². The number of ether oxygens (including phenoxy) is 1. The van der Waals surface area contributed by atoms with Crippen LogP contribution in [0.15, 0.2) is 0 Å². The number of hydrogen-bond acceptors (Lipinski definition) is 3. The summed E-state index contributed by atoms with van der Waals surface area (Å²) in [4.78, 5) is 0. The van der Waals surface area contributed by atoms with E-state index < -0.39 is 0 Å². The van der Waals surface area contributed by atoms with Gasteiger partial charge in [-0.15, -0.1) is 11.8 Å². The van der Waals surface area contributed by atoms with Crippen molar-refractivity contribution in [3.05, 3.63) is 0 Å². The Bertz CT molecular complexity index is 70.6. The van der Waals surface area contributed by atoms with Gasteiger partial charge in [-0.3, -0.25) is 0 Å². The zero-order valence-corrected chi connectivity index (χ0v) is 7.62. The van der Waals surface area contributed by atoms with Gasteiger partial charge >= 0.3 is 0 Å². The average molecular weight is 163 g/mol. The van der Waals surface area contributed by atoms with Crippen molar-refractivity contribution in [1.82, 2.24) is 0 Å². The molecule has 10 heavy (non-hydrogen) atoms. The second-order valence-electron chi connectivity index (χ2n) is 2.26. The third-order valence-corrected chi connectivity index (χ3v) is 2.23. The molecule has 2 nitrogen and oxygen atoms in total. The Morgan fingerprint density at radius 2 is 2.20 bits per heavy atom. The van der Waals surface area contributed by atoms with Gasteiger partial charge in [-0.25, -0.2) is 0 Å². The molecule has 1 atom stereocenters. The van der Waals surface area contributed by atoms with Crippen LogP contribution in [0.4, 0.5) is 0 Å². The van der Waals surface area contributed by atoms with Gasteiger partial charge in [0, 0.05) is 13.7 Å². The van der Waals surface area contributed by atoms with E-state index in [0.29, 0.717) is 5.37 Å². The molecule has 0 bridgehead atoms. The van der Waals surface area contributed by atoms with Crippen LogP contribution in [-0.2, 0) is 4.74 Å². The Kier molecular flexibility index (Phi) is 7.58. The minimum atomic E-state index is 0.317. The van der Waals surface area contributed by atoms with E-state index in [-0.39, 0.29) is 0 Å². The topological polar surface area (TPSA) is 35.2 Å². The van der Waals surface area contributed by atoms with Crippen molar-refractivity contribution >= 4 is 11.8 Å². The van der Waals surface area contributed by atoms with Gasteiger partial charge in [0.25, 0.3) is 0 Å². The molecule has 0 aromatic carbocycles. The predicted octanol–water partition coefficient (Wildman–Crippen LogP) is 1.45. The highest BCUT2D eigenvalue weighted by molar-refractivity contribution is 7.99. The van der Waals surface area contributed by atoms with Crippen LogP contribution in [0.1, 0.15) is 19.3 Å². The minimum Gasteiger partial charge on any atom is -0.385 e. The molecule has 0 fully saturated rings. The SMILES string of the molecule is COCCCCC(N)SC. The van der Waals surface area contributed by atoms with Gasteiger partial charge in [-0.2, -0.15) is 0 Å². The summed E-state index contributed by atoms with van der Waals surface area (Å²) in [5.74, 6) is 0.